The zero-order valence-corrected chi connectivity index (χ0v) is 14.5. The summed E-state index contributed by atoms with van der Waals surface area (Å²) in [6.45, 7) is 3.46. The highest BCUT2D eigenvalue weighted by Crippen LogP contribution is 2.21. The fourth-order valence-electron chi connectivity index (χ4n) is 2.75. The maximum Gasteiger partial charge on any atom is 0.251 e. The Kier molecular flexibility index (Phi) is 5.39. The molecule has 1 amide bonds. The van der Waals surface area contributed by atoms with Crippen LogP contribution < -0.4 is 15.5 Å². The molecule has 6 nitrogen and oxygen atoms in total. The highest BCUT2D eigenvalue weighted by atomic mass is 16.1. The summed E-state index contributed by atoms with van der Waals surface area (Å²) in [4.78, 5) is 13.8. The molecular weight excluding hydrogens is 290 g/mol. The van der Waals surface area contributed by atoms with Crippen molar-refractivity contribution >= 4 is 11.7 Å². The van der Waals surface area contributed by atoms with Gasteiger partial charge in [-0.05, 0) is 24.6 Å². The van der Waals surface area contributed by atoms with Gasteiger partial charge >= 0.3 is 0 Å². The van der Waals surface area contributed by atoms with Gasteiger partial charge in [-0.25, -0.2) is 0 Å². The number of aryl methyl sites for hydroxylation is 2. The molecule has 0 spiro atoms. The lowest BCUT2D eigenvalue weighted by molar-refractivity contribution is 0.0963. The quantitative estimate of drug-likeness (QED) is 0.847. The highest BCUT2D eigenvalue weighted by molar-refractivity contribution is 5.94. The standard InChI is InChI=1S/C17H25N5O/c1-12-15(17(21(3)4)22(5)20-12)11-19-10-13-7-6-8-14(9-13)16(23)18-2/h6-9,19H,10-11H2,1-5H3,(H,18,23). The van der Waals surface area contributed by atoms with Crippen molar-refractivity contribution in [3.05, 3.63) is 46.6 Å². The van der Waals surface area contributed by atoms with E-state index in [-0.39, 0.29) is 5.91 Å². The number of benzene rings is 1. The lowest BCUT2D eigenvalue weighted by Crippen LogP contribution is -2.20. The summed E-state index contributed by atoms with van der Waals surface area (Å²) in [7, 11) is 7.64. The Labute approximate surface area is 137 Å². The Morgan fingerprint density at radius 2 is 2.04 bits per heavy atom. The minimum Gasteiger partial charge on any atom is -0.363 e. The van der Waals surface area contributed by atoms with Crippen LogP contribution in [0.15, 0.2) is 24.3 Å². The van der Waals surface area contributed by atoms with E-state index in [1.54, 1.807) is 7.05 Å². The number of nitrogens with zero attached hydrogens (tertiary/aromatic N) is 3. The van der Waals surface area contributed by atoms with E-state index in [2.05, 4.69) is 20.6 Å². The van der Waals surface area contributed by atoms with Crippen molar-refractivity contribution in [3.8, 4) is 0 Å². The predicted octanol–water partition coefficient (Wildman–Crippen LogP) is 1.44. The first-order chi connectivity index (χ1) is 10.9. The first-order valence-corrected chi connectivity index (χ1v) is 7.65. The van der Waals surface area contributed by atoms with Gasteiger partial charge < -0.3 is 15.5 Å². The molecule has 0 fully saturated rings. The van der Waals surface area contributed by atoms with Gasteiger partial charge in [0, 0.05) is 52.4 Å². The van der Waals surface area contributed by atoms with Crippen molar-refractivity contribution < 1.29 is 4.79 Å². The Balaban J connectivity index is 2.05. The Hall–Kier alpha value is -2.34. The summed E-state index contributed by atoms with van der Waals surface area (Å²) in [5.74, 6) is 1.04. The molecule has 2 aromatic rings. The fourth-order valence-corrected chi connectivity index (χ4v) is 2.75. The van der Waals surface area contributed by atoms with Crippen LogP contribution in [0.1, 0.15) is 27.2 Å². The van der Waals surface area contributed by atoms with E-state index in [1.807, 2.05) is 57.0 Å². The van der Waals surface area contributed by atoms with Gasteiger partial charge in [0.15, 0.2) is 0 Å². The molecule has 2 rings (SSSR count). The smallest absolute Gasteiger partial charge is 0.251 e. The number of hydrogen-bond donors (Lipinski definition) is 2. The Morgan fingerprint density at radius 3 is 2.70 bits per heavy atom. The average Bonchev–Trinajstić information content (AvgIpc) is 2.81. The van der Waals surface area contributed by atoms with Crippen molar-refractivity contribution in [1.82, 2.24) is 20.4 Å². The Bertz CT molecular complexity index is 690. The molecule has 0 aliphatic carbocycles. The Morgan fingerprint density at radius 1 is 1.30 bits per heavy atom. The minimum absolute atomic E-state index is 0.0650. The minimum atomic E-state index is -0.0650. The molecule has 1 aromatic carbocycles. The van der Waals surface area contributed by atoms with Crippen molar-refractivity contribution in [1.29, 1.82) is 0 Å². The number of hydrogen-bond acceptors (Lipinski definition) is 4. The molecule has 0 aliphatic rings. The van der Waals surface area contributed by atoms with Crippen molar-refractivity contribution in [2.45, 2.75) is 20.0 Å². The van der Waals surface area contributed by atoms with Crippen molar-refractivity contribution in [2.75, 3.05) is 26.0 Å². The van der Waals surface area contributed by atoms with Gasteiger partial charge in [0.05, 0.1) is 5.69 Å². The summed E-state index contributed by atoms with van der Waals surface area (Å²) < 4.78 is 1.90. The van der Waals surface area contributed by atoms with Crippen LogP contribution in [0.2, 0.25) is 0 Å². The van der Waals surface area contributed by atoms with E-state index in [1.165, 1.54) is 5.56 Å². The van der Waals surface area contributed by atoms with Crippen LogP contribution in [0.25, 0.3) is 0 Å². The lowest BCUT2D eigenvalue weighted by Gasteiger charge is -2.15. The molecule has 1 heterocycles. The molecule has 0 saturated heterocycles. The number of anilines is 1. The predicted molar refractivity (Wildman–Crippen MR) is 92.6 cm³/mol. The van der Waals surface area contributed by atoms with E-state index < -0.39 is 0 Å². The summed E-state index contributed by atoms with van der Waals surface area (Å²) in [6.07, 6.45) is 0. The van der Waals surface area contributed by atoms with Crippen LogP contribution >= 0.6 is 0 Å². The first kappa shape index (κ1) is 17.0. The lowest BCUT2D eigenvalue weighted by atomic mass is 10.1. The number of rotatable bonds is 6. The van der Waals surface area contributed by atoms with Gasteiger partial charge in [0.25, 0.3) is 5.91 Å². The SMILES string of the molecule is CNC(=O)c1cccc(CNCc2c(C)nn(C)c2N(C)C)c1. The normalized spacial score (nSPS) is 10.7. The second-order valence-corrected chi connectivity index (χ2v) is 5.79. The molecule has 2 N–H and O–H groups in total. The van der Waals surface area contributed by atoms with E-state index in [0.717, 1.165) is 23.6 Å². The van der Waals surface area contributed by atoms with Gasteiger partial charge in [-0.2, -0.15) is 5.10 Å². The molecule has 0 bridgehead atoms. The van der Waals surface area contributed by atoms with Crippen LogP contribution in [0.5, 0.6) is 0 Å². The van der Waals surface area contributed by atoms with E-state index in [0.29, 0.717) is 12.1 Å². The molecule has 1 aromatic heterocycles. The molecule has 0 atom stereocenters. The second kappa shape index (κ2) is 7.28. The highest BCUT2D eigenvalue weighted by Gasteiger charge is 2.14. The number of amides is 1. The molecule has 0 radical (unpaired) electrons. The number of carbonyl (C=O) groups is 1. The maximum absolute atomic E-state index is 11.7. The van der Waals surface area contributed by atoms with E-state index in [4.69, 9.17) is 0 Å². The summed E-state index contributed by atoms with van der Waals surface area (Å²) >= 11 is 0. The molecule has 0 aliphatic heterocycles. The topological polar surface area (TPSA) is 62.2 Å². The van der Waals surface area contributed by atoms with Crippen LogP contribution in [0.4, 0.5) is 5.82 Å². The molecule has 124 valence electrons. The summed E-state index contributed by atoms with van der Waals surface area (Å²) in [5.41, 5.74) is 3.99. The summed E-state index contributed by atoms with van der Waals surface area (Å²) in [5, 5.41) is 10.6. The molecule has 0 saturated carbocycles. The molecule has 0 unspecified atom stereocenters. The van der Waals surface area contributed by atoms with Crippen molar-refractivity contribution in [3.63, 3.8) is 0 Å². The van der Waals surface area contributed by atoms with Crippen molar-refractivity contribution in [2.24, 2.45) is 7.05 Å². The molecule has 23 heavy (non-hydrogen) atoms. The van der Waals surface area contributed by atoms with Gasteiger partial charge in [-0.1, -0.05) is 12.1 Å². The van der Waals surface area contributed by atoms with Crippen LogP contribution in [0, 0.1) is 6.92 Å². The average molecular weight is 315 g/mol. The molecule has 6 heteroatoms. The van der Waals surface area contributed by atoms with Crippen LogP contribution in [0.3, 0.4) is 0 Å². The summed E-state index contributed by atoms with van der Waals surface area (Å²) in [6, 6.07) is 7.65. The third-order valence-corrected chi connectivity index (χ3v) is 3.78. The van der Waals surface area contributed by atoms with Gasteiger partial charge in [-0.3, -0.25) is 9.48 Å². The van der Waals surface area contributed by atoms with E-state index >= 15 is 0 Å². The zero-order chi connectivity index (χ0) is 17.0. The number of aromatic nitrogens is 2. The van der Waals surface area contributed by atoms with Gasteiger partial charge in [0.2, 0.25) is 0 Å². The maximum atomic E-state index is 11.7. The fraction of sp³-hybridized carbons (Fsp3) is 0.412. The second-order valence-electron chi connectivity index (χ2n) is 5.79. The number of nitrogens with one attached hydrogen (secondary N) is 2. The molecular formula is C17H25N5O. The third kappa shape index (κ3) is 3.90. The van der Waals surface area contributed by atoms with E-state index in [9.17, 15) is 4.79 Å². The van der Waals surface area contributed by atoms with Crippen LogP contribution in [-0.2, 0) is 20.1 Å². The third-order valence-electron chi connectivity index (χ3n) is 3.78. The van der Waals surface area contributed by atoms with Gasteiger partial charge in [-0.15, -0.1) is 0 Å². The zero-order valence-electron chi connectivity index (χ0n) is 14.5. The van der Waals surface area contributed by atoms with Crippen LogP contribution in [-0.4, -0.2) is 36.8 Å². The van der Waals surface area contributed by atoms with Gasteiger partial charge in [0.1, 0.15) is 5.82 Å². The first-order valence-electron chi connectivity index (χ1n) is 7.65. The number of carbonyl (C=O) groups excluding carboxylic acids is 1. The largest absolute Gasteiger partial charge is 0.363 e. The monoisotopic (exact) mass is 315 g/mol.